The average Bonchev–Trinajstić information content (AvgIpc) is 3.66. The minimum absolute atomic E-state index is 0.0124. The molecular formula is C31H29Cl2F3N8. The fraction of sp³-hybridized carbons (Fsp3) is 0.323. The second kappa shape index (κ2) is 10.9. The summed E-state index contributed by atoms with van der Waals surface area (Å²) in [5.41, 5.74) is 6.88. The third kappa shape index (κ3) is 5.42. The molecule has 1 aliphatic heterocycles. The Balaban J connectivity index is 1.48. The van der Waals surface area contributed by atoms with Crippen LogP contribution in [-0.2, 0) is 0 Å². The van der Waals surface area contributed by atoms with E-state index in [9.17, 15) is 18.4 Å². The van der Waals surface area contributed by atoms with E-state index in [4.69, 9.17) is 23.2 Å². The van der Waals surface area contributed by atoms with Gasteiger partial charge in [0.15, 0.2) is 5.54 Å². The van der Waals surface area contributed by atoms with E-state index < -0.39 is 17.8 Å². The number of pyridine rings is 2. The summed E-state index contributed by atoms with van der Waals surface area (Å²) in [4.78, 5) is 8.64. The van der Waals surface area contributed by atoms with Crippen molar-refractivity contribution in [1.29, 1.82) is 5.26 Å². The average molecular weight is 642 g/mol. The highest BCUT2D eigenvalue weighted by Gasteiger charge is 2.67. The molecule has 13 heteroatoms. The molecule has 0 amide bonds. The van der Waals surface area contributed by atoms with Crippen LogP contribution in [0.15, 0.2) is 60.8 Å². The first-order chi connectivity index (χ1) is 20.8. The lowest BCUT2D eigenvalue weighted by molar-refractivity contribution is -0.195. The summed E-state index contributed by atoms with van der Waals surface area (Å²) in [6, 6.07) is 10.5. The van der Waals surface area contributed by atoms with E-state index in [0.717, 1.165) is 16.0 Å². The molecule has 2 aliphatic rings. The molecule has 8 nitrogen and oxygen atoms in total. The second-order valence-corrected chi connectivity index (χ2v) is 13.1. The van der Waals surface area contributed by atoms with E-state index in [-0.39, 0.29) is 18.3 Å². The monoisotopic (exact) mass is 640 g/mol. The molecule has 1 fully saturated rings. The number of fused-ring (bicyclic) bond motifs is 2. The van der Waals surface area contributed by atoms with Gasteiger partial charge in [-0.3, -0.25) is 15.0 Å². The van der Waals surface area contributed by atoms with E-state index in [2.05, 4.69) is 58.4 Å². The summed E-state index contributed by atoms with van der Waals surface area (Å²) in [6.07, 6.45) is 1.79. The highest BCUT2D eigenvalue weighted by Crippen LogP contribution is 2.54. The molecule has 4 N–H and O–H groups in total. The van der Waals surface area contributed by atoms with Gasteiger partial charge in [-0.1, -0.05) is 50.0 Å². The number of alkyl halides is 3. The molecule has 0 saturated heterocycles. The number of aromatic nitrogens is 2. The number of hydrazine groups is 2. The fourth-order valence-electron chi connectivity index (χ4n) is 5.38. The van der Waals surface area contributed by atoms with Crippen LogP contribution in [0.2, 0.25) is 10.0 Å². The van der Waals surface area contributed by atoms with Crippen LogP contribution >= 0.6 is 23.2 Å². The number of hydrogen-bond donors (Lipinski definition) is 4. The number of rotatable bonds is 7. The van der Waals surface area contributed by atoms with Crippen molar-refractivity contribution in [2.75, 3.05) is 17.2 Å². The largest absolute Gasteiger partial charge is 0.413 e. The van der Waals surface area contributed by atoms with Gasteiger partial charge in [-0.15, -0.1) is 5.53 Å². The number of nitrogens with one attached hydrogen (secondary N) is 4. The molecular weight excluding hydrogens is 612 g/mol. The lowest BCUT2D eigenvalue weighted by atomic mass is 9.96. The summed E-state index contributed by atoms with van der Waals surface area (Å²) in [7, 11) is 0. The number of nitrogens with zero attached hydrogens (tertiary/aromatic N) is 4. The molecule has 1 atom stereocenters. The standard InChI is InChI=1S/C31H29Cl2F3N8/c1-29(2,3)16-40-26-17(12-37)13-39-27-21(26)10-18(11-24(27)33)41-28(20-4-5-23(32)22-14-38-9-6-19(20)22)25-15-44(43-42-25)30(7-8-30)31(34,35)36/h4-6,9-11,13-15,28,41-43H,7-8,16H2,1-3H3,(H,39,40)/t28-/m0/s1. The van der Waals surface area contributed by atoms with Gasteiger partial charge < -0.3 is 16.1 Å². The Bertz CT molecular complexity index is 1840. The van der Waals surface area contributed by atoms with Crippen molar-refractivity contribution in [3.8, 4) is 6.07 Å². The molecule has 228 valence electrons. The quantitative estimate of drug-likeness (QED) is 0.162. The summed E-state index contributed by atoms with van der Waals surface area (Å²) in [6.45, 7) is 6.82. The Morgan fingerprint density at radius 2 is 1.84 bits per heavy atom. The van der Waals surface area contributed by atoms with Crippen molar-refractivity contribution < 1.29 is 13.2 Å². The molecule has 6 rings (SSSR count). The molecule has 2 aromatic heterocycles. The first-order valence-corrected chi connectivity index (χ1v) is 14.7. The molecule has 0 bridgehead atoms. The van der Waals surface area contributed by atoms with E-state index in [0.29, 0.717) is 55.5 Å². The van der Waals surface area contributed by atoms with E-state index in [1.54, 1.807) is 24.5 Å². The van der Waals surface area contributed by atoms with Crippen LogP contribution in [0, 0.1) is 16.7 Å². The number of benzene rings is 2. The Morgan fingerprint density at radius 3 is 2.52 bits per heavy atom. The fourth-order valence-corrected chi connectivity index (χ4v) is 5.86. The number of hydrogen-bond acceptors (Lipinski definition) is 8. The van der Waals surface area contributed by atoms with Gasteiger partial charge in [-0.2, -0.15) is 18.4 Å². The van der Waals surface area contributed by atoms with Crippen molar-refractivity contribution in [1.82, 2.24) is 25.9 Å². The predicted octanol–water partition coefficient (Wildman–Crippen LogP) is 7.83. The van der Waals surface area contributed by atoms with E-state index in [1.807, 2.05) is 18.2 Å². The van der Waals surface area contributed by atoms with Gasteiger partial charge >= 0.3 is 6.18 Å². The van der Waals surface area contributed by atoms with Crippen LogP contribution in [0.1, 0.15) is 50.8 Å². The maximum absolute atomic E-state index is 14.0. The molecule has 1 saturated carbocycles. The van der Waals surface area contributed by atoms with Gasteiger partial charge in [0, 0.05) is 52.8 Å². The van der Waals surface area contributed by atoms with Gasteiger partial charge in [0.05, 0.1) is 33.5 Å². The van der Waals surface area contributed by atoms with Gasteiger partial charge in [0.2, 0.25) is 0 Å². The third-order valence-electron chi connectivity index (χ3n) is 7.87. The Labute approximate surface area is 262 Å². The molecule has 2 aromatic carbocycles. The second-order valence-electron chi connectivity index (χ2n) is 12.3. The topological polar surface area (TPSA) is 101 Å². The van der Waals surface area contributed by atoms with E-state index in [1.165, 1.54) is 12.4 Å². The summed E-state index contributed by atoms with van der Waals surface area (Å²) >= 11 is 13.2. The van der Waals surface area contributed by atoms with Crippen molar-refractivity contribution in [2.24, 2.45) is 5.41 Å². The number of nitriles is 1. The first-order valence-electron chi connectivity index (χ1n) is 14.0. The number of halogens is 5. The highest BCUT2D eigenvalue weighted by molar-refractivity contribution is 6.36. The molecule has 0 spiro atoms. The minimum atomic E-state index is -4.41. The molecule has 0 unspecified atom stereocenters. The molecule has 1 aliphatic carbocycles. The smallest absolute Gasteiger partial charge is 0.383 e. The molecule has 3 heterocycles. The van der Waals surface area contributed by atoms with Crippen LogP contribution in [-0.4, -0.2) is 33.2 Å². The van der Waals surface area contributed by atoms with E-state index >= 15 is 0 Å². The number of anilines is 2. The maximum atomic E-state index is 14.0. The molecule has 0 radical (unpaired) electrons. The first kappa shape index (κ1) is 30.1. The maximum Gasteiger partial charge on any atom is 0.413 e. The van der Waals surface area contributed by atoms with Crippen molar-refractivity contribution in [3.63, 3.8) is 0 Å². The third-order valence-corrected chi connectivity index (χ3v) is 8.49. The SMILES string of the molecule is CC(C)(C)CNc1c(C#N)cnc2c(Cl)cc(N[C@H](C3=CN(C4(C(F)(F)F)CC4)NN3)c3ccc(Cl)c4cnccc34)cc12. The van der Waals surface area contributed by atoms with Crippen LogP contribution in [0.4, 0.5) is 24.5 Å². The van der Waals surface area contributed by atoms with Crippen molar-refractivity contribution in [3.05, 3.63) is 82.0 Å². The molecule has 44 heavy (non-hydrogen) atoms. The summed E-state index contributed by atoms with van der Waals surface area (Å²) < 4.78 is 42.0. The lowest BCUT2D eigenvalue weighted by Crippen LogP contribution is -2.52. The summed E-state index contributed by atoms with van der Waals surface area (Å²) in [5.74, 6) is 0. The highest BCUT2D eigenvalue weighted by atomic mass is 35.5. The zero-order valence-corrected chi connectivity index (χ0v) is 25.6. The normalized spacial score (nSPS) is 16.8. The zero-order valence-electron chi connectivity index (χ0n) is 24.1. The lowest BCUT2D eigenvalue weighted by Gasteiger charge is -2.28. The molecule has 4 aromatic rings. The Morgan fingerprint density at radius 1 is 1.07 bits per heavy atom. The van der Waals surface area contributed by atoms with Crippen LogP contribution in [0.3, 0.4) is 0 Å². The van der Waals surface area contributed by atoms with Crippen molar-refractivity contribution in [2.45, 2.75) is 51.4 Å². The predicted molar refractivity (Wildman–Crippen MR) is 167 cm³/mol. The van der Waals surface area contributed by atoms with Gasteiger partial charge in [-0.05, 0) is 53.5 Å². The zero-order chi connectivity index (χ0) is 31.4. The van der Waals surface area contributed by atoms with Gasteiger partial charge in [-0.25, -0.2) is 0 Å². The minimum Gasteiger partial charge on any atom is -0.383 e. The Kier molecular flexibility index (Phi) is 7.43. The van der Waals surface area contributed by atoms with Crippen LogP contribution in [0.5, 0.6) is 0 Å². The van der Waals surface area contributed by atoms with Gasteiger partial charge in [0.1, 0.15) is 6.07 Å². The van der Waals surface area contributed by atoms with Gasteiger partial charge in [0.25, 0.3) is 0 Å². The summed E-state index contributed by atoms with van der Waals surface area (Å²) in [5, 5.41) is 20.8. The van der Waals surface area contributed by atoms with Crippen LogP contribution < -0.4 is 21.6 Å². The van der Waals surface area contributed by atoms with Crippen molar-refractivity contribution >= 4 is 56.3 Å². The Hall–Kier alpha value is -3.98. The van der Waals surface area contributed by atoms with Crippen LogP contribution in [0.25, 0.3) is 21.7 Å².